The van der Waals surface area contributed by atoms with Crippen molar-refractivity contribution in [3.63, 3.8) is 0 Å². The Kier molecular flexibility index (Phi) is 5.07. The molecule has 0 radical (unpaired) electrons. The van der Waals surface area contributed by atoms with Gasteiger partial charge in [0.15, 0.2) is 0 Å². The van der Waals surface area contributed by atoms with Gasteiger partial charge in [0.25, 0.3) is 0 Å². The van der Waals surface area contributed by atoms with Crippen molar-refractivity contribution in [3.8, 4) is 0 Å². The fourth-order valence-electron chi connectivity index (χ4n) is 2.85. The number of hydrogen-bond acceptors (Lipinski definition) is 0. The molecule has 3 aromatic carbocycles. The normalized spacial score (nSPS) is 11.4. The van der Waals surface area contributed by atoms with Crippen molar-refractivity contribution in [2.45, 2.75) is 4.28 Å². The Bertz CT molecular complexity index is 683. The molecule has 0 atom stereocenters. The summed E-state index contributed by atoms with van der Waals surface area (Å²) in [7, 11) is 0. The molecule has 0 aliphatic carbocycles. The monoisotopic (exact) mass is 374 g/mol. The van der Waals surface area contributed by atoms with Crippen LogP contribution in [0.2, 0.25) is 15.1 Å². The topological polar surface area (TPSA) is 0 Å². The van der Waals surface area contributed by atoms with E-state index in [1.54, 1.807) is 0 Å². The molecule has 0 unspecified atom stereocenters. The molecule has 0 saturated heterocycles. The van der Waals surface area contributed by atoms with Crippen LogP contribution in [0.25, 0.3) is 0 Å². The van der Waals surface area contributed by atoms with Gasteiger partial charge < -0.3 is 0 Å². The first-order chi connectivity index (χ1) is 11.0. The maximum atomic E-state index is 6.07. The smallest absolute Gasteiger partial charge is 0.0843 e. The molecule has 0 spiro atoms. The molecule has 0 heterocycles. The summed E-state index contributed by atoms with van der Waals surface area (Å²) in [5.41, 5.74) is 3.66. The van der Waals surface area contributed by atoms with Crippen LogP contribution in [0.4, 0.5) is 0 Å². The summed E-state index contributed by atoms with van der Waals surface area (Å²) in [6.07, 6.45) is 0. The van der Waals surface area contributed by atoms with Gasteiger partial charge in [0.1, 0.15) is 0 Å². The van der Waals surface area contributed by atoms with Crippen molar-refractivity contribution in [2.75, 3.05) is 0 Å². The zero-order valence-corrected chi connectivity index (χ0v) is 16.8. The molecule has 0 aliphatic rings. The second kappa shape index (κ2) is 6.90. The van der Waals surface area contributed by atoms with Crippen LogP contribution in [0.3, 0.4) is 0 Å². The Balaban J connectivity index is 2.21. The Labute approximate surface area is 159 Å². The van der Waals surface area contributed by atoms with Crippen molar-refractivity contribution >= 4 is 51.1 Å². The molecule has 0 N–H and O–H groups in total. The molecule has 4 heteroatoms. The molecule has 0 amide bonds. The van der Waals surface area contributed by atoms with Gasteiger partial charge in [-0.05, 0) is 57.4 Å². The van der Waals surface area contributed by atoms with Gasteiger partial charge in [0.05, 0.1) is 0 Å². The molecule has 3 rings (SSSR count). The zero-order valence-electron chi connectivity index (χ0n) is 12.6. The van der Waals surface area contributed by atoms with E-state index >= 15 is 0 Å². The summed E-state index contributed by atoms with van der Waals surface area (Å²) in [5, 5.41) is 2.22. The maximum absolute atomic E-state index is 6.07. The van der Waals surface area contributed by atoms with E-state index in [0.717, 1.165) is 31.4 Å². The molecule has 114 valence electrons. The quantitative estimate of drug-likeness (QED) is 0.414. The minimum Gasteiger partial charge on any atom is -0.0843 e. The predicted molar refractivity (Wildman–Crippen MR) is 103 cm³/mol. The van der Waals surface area contributed by atoms with Gasteiger partial charge >= 0.3 is 0 Å². The van der Waals surface area contributed by atoms with Crippen LogP contribution in [-0.2, 0) is 4.28 Å². The molecule has 3 aromatic rings. The van der Waals surface area contributed by atoms with Crippen LogP contribution in [0.1, 0.15) is 16.7 Å². The highest BCUT2D eigenvalue weighted by molar-refractivity contribution is 6.31. The number of rotatable bonds is 3. The fraction of sp³-hybridized carbons (Fsp3) is 0.0526. The van der Waals surface area contributed by atoms with Crippen LogP contribution in [0.5, 0.6) is 0 Å². The third-order valence-corrected chi connectivity index (χ3v) is 6.75. The van der Waals surface area contributed by atoms with E-state index in [0.29, 0.717) is 0 Å². The number of hydrogen-bond donors (Lipinski definition) is 0. The van der Waals surface area contributed by atoms with Gasteiger partial charge in [0.2, 0.25) is 16.3 Å². The van der Waals surface area contributed by atoms with E-state index in [4.69, 9.17) is 34.8 Å². The van der Waals surface area contributed by atoms with E-state index in [2.05, 4.69) is 36.4 Å². The molecule has 0 nitrogen and oxygen atoms in total. The number of benzene rings is 3. The van der Waals surface area contributed by atoms with Crippen molar-refractivity contribution < 1.29 is 0 Å². The third-order valence-electron chi connectivity index (χ3n) is 4.26. The van der Waals surface area contributed by atoms with Gasteiger partial charge in [-0.15, -0.1) is 0 Å². The molecular formula is C19H14AlCl3. The van der Waals surface area contributed by atoms with Crippen molar-refractivity contribution in [3.05, 3.63) is 105 Å². The maximum Gasteiger partial charge on any atom is 0.243 e. The molecular weight excluding hydrogens is 362 g/mol. The zero-order chi connectivity index (χ0) is 16.4. The SMILES string of the molecule is [AlH2][C](c1ccc(Cl)cc1)(c1ccc(Cl)cc1)c1ccc(Cl)cc1. The Morgan fingerprint density at radius 1 is 0.478 bits per heavy atom. The van der Waals surface area contributed by atoms with Crippen LogP contribution >= 0.6 is 34.8 Å². The van der Waals surface area contributed by atoms with E-state index in [1.165, 1.54) is 16.7 Å². The third kappa shape index (κ3) is 3.46. The average Bonchev–Trinajstić information content (AvgIpc) is 2.56. The average molecular weight is 376 g/mol. The van der Waals surface area contributed by atoms with Crippen LogP contribution < -0.4 is 0 Å². The lowest BCUT2D eigenvalue weighted by molar-refractivity contribution is 0.877. The first-order valence-electron chi connectivity index (χ1n) is 7.28. The van der Waals surface area contributed by atoms with Crippen LogP contribution in [-0.4, -0.2) is 16.3 Å². The van der Waals surface area contributed by atoms with E-state index in [9.17, 15) is 0 Å². The predicted octanol–water partition coefficient (Wildman–Crippen LogP) is 5.57. The summed E-state index contributed by atoms with van der Waals surface area (Å²) in [6, 6.07) is 24.2. The van der Waals surface area contributed by atoms with Crippen LogP contribution in [0, 0.1) is 0 Å². The van der Waals surface area contributed by atoms with E-state index < -0.39 is 0 Å². The van der Waals surface area contributed by atoms with Gasteiger partial charge in [0, 0.05) is 15.1 Å². The summed E-state index contributed by atoms with van der Waals surface area (Å²) in [6.45, 7) is 0. The first-order valence-corrected chi connectivity index (χ1v) is 9.41. The lowest BCUT2D eigenvalue weighted by Crippen LogP contribution is -2.29. The highest BCUT2D eigenvalue weighted by atomic mass is 35.5. The molecule has 0 aromatic heterocycles. The van der Waals surface area contributed by atoms with E-state index in [-0.39, 0.29) is 4.28 Å². The van der Waals surface area contributed by atoms with Gasteiger partial charge in [-0.3, -0.25) is 0 Å². The second-order valence-electron chi connectivity index (χ2n) is 5.65. The minimum absolute atomic E-state index is 0.181. The Morgan fingerprint density at radius 3 is 0.913 bits per heavy atom. The molecule has 23 heavy (non-hydrogen) atoms. The largest absolute Gasteiger partial charge is 0.243 e. The highest BCUT2D eigenvalue weighted by Gasteiger charge is 2.30. The first kappa shape index (κ1) is 16.9. The molecule has 0 fully saturated rings. The summed E-state index contributed by atoms with van der Waals surface area (Å²) >= 11 is 19.1. The van der Waals surface area contributed by atoms with Crippen LogP contribution in [0.15, 0.2) is 72.8 Å². The lowest BCUT2D eigenvalue weighted by atomic mass is 9.83. The van der Waals surface area contributed by atoms with E-state index in [1.807, 2.05) is 36.4 Å². The van der Waals surface area contributed by atoms with Gasteiger partial charge in [-0.1, -0.05) is 71.2 Å². The fourth-order valence-corrected chi connectivity index (χ4v) is 4.23. The summed E-state index contributed by atoms with van der Waals surface area (Å²) < 4.78 is -0.181. The summed E-state index contributed by atoms with van der Waals surface area (Å²) in [5.74, 6) is 0. The molecule has 0 saturated carbocycles. The van der Waals surface area contributed by atoms with Crippen molar-refractivity contribution in [2.24, 2.45) is 0 Å². The Hall–Kier alpha value is -0.938. The van der Waals surface area contributed by atoms with Gasteiger partial charge in [-0.25, -0.2) is 0 Å². The van der Waals surface area contributed by atoms with Crippen molar-refractivity contribution in [1.82, 2.24) is 0 Å². The lowest BCUT2D eigenvalue weighted by Gasteiger charge is -2.32. The van der Waals surface area contributed by atoms with Gasteiger partial charge in [-0.2, -0.15) is 0 Å². The summed E-state index contributed by atoms with van der Waals surface area (Å²) in [4.78, 5) is 0. The Morgan fingerprint density at radius 2 is 0.696 bits per heavy atom. The molecule has 0 aliphatic heterocycles. The van der Waals surface area contributed by atoms with Crippen molar-refractivity contribution in [1.29, 1.82) is 0 Å². The second-order valence-corrected chi connectivity index (χ2v) is 8.45. The highest BCUT2D eigenvalue weighted by Crippen LogP contribution is 2.37. The minimum atomic E-state index is -0.181. The molecule has 0 bridgehead atoms. The number of halogens is 3. The standard InChI is InChI=1S/C19H12Cl3.Al.2H/c20-16-7-1-13(2-8-16)19(14-3-9-17(21)10-4-14)15-5-11-18(22)12-6-15;;;/h1-12H;;;.